The Kier molecular flexibility index (Phi) is 4.65. The zero-order valence-corrected chi connectivity index (χ0v) is 10.2. The summed E-state index contributed by atoms with van der Waals surface area (Å²) in [7, 11) is -3.46. The maximum atomic E-state index is 10.8. The van der Waals surface area contributed by atoms with E-state index in [4.69, 9.17) is 5.14 Å². The van der Waals surface area contributed by atoms with Gasteiger partial charge in [0.25, 0.3) is 0 Å². The van der Waals surface area contributed by atoms with Gasteiger partial charge in [-0.3, -0.25) is 0 Å². The number of nitrogens with one attached hydrogen (secondary N) is 1. The van der Waals surface area contributed by atoms with E-state index in [1.807, 2.05) is 0 Å². The highest BCUT2D eigenvalue weighted by Crippen LogP contribution is 2.14. The second-order valence-electron chi connectivity index (χ2n) is 3.20. The molecule has 0 spiro atoms. The maximum absolute atomic E-state index is 10.8. The molecular weight excluding hydrogens is 234 g/mol. The minimum Gasteiger partial charge on any atom is -0.312 e. The summed E-state index contributed by atoms with van der Waals surface area (Å²) in [5.41, 5.74) is 0. The van der Waals surface area contributed by atoms with E-state index in [2.05, 4.69) is 17.2 Å². The van der Waals surface area contributed by atoms with E-state index in [0.29, 0.717) is 5.01 Å². The van der Waals surface area contributed by atoms with Crippen LogP contribution in [0.4, 0.5) is 0 Å². The van der Waals surface area contributed by atoms with Crippen LogP contribution in [0.15, 0.2) is 6.20 Å². The number of nitrogens with zero attached hydrogens (tertiary/aromatic N) is 1. The van der Waals surface area contributed by atoms with Crippen LogP contribution in [0.3, 0.4) is 0 Å². The molecule has 0 radical (unpaired) electrons. The first-order chi connectivity index (χ1) is 7.01. The van der Waals surface area contributed by atoms with Crippen LogP contribution >= 0.6 is 11.3 Å². The molecule has 0 bridgehead atoms. The van der Waals surface area contributed by atoms with E-state index in [0.717, 1.165) is 24.4 Å². The Bertz CT molecular complexity index is 400. The highest BCUT2D eigenvalue weighted by molar-refractivity contribution is 7.88. The summed E-state index contributed by atoms with van der Waals surface area (Å²) in [6.07, 6.45) is 2.76. The molecular formula is C8H15N3O2S2. The van der Waals surface area contributed by atoms with Gasteiger partial charge in [0.15, 0.2) is 0 Å². The number of nitrogens with two attached hydrogens (primary N) is 1. The normalized spacial score (nSPS) is 11.9. The molecule has 0 aliphatic rings. The summed E-state index contributed by atoms with van der Waals surface area (Å²) >= 11 is 1.38. The van der Waals surface area contributed by atoms with Crippen molar-refractivity contribution in [2.45, 2.75) is 25.6 Å². The van der Waals surface area contributed by atoms with Crippen LogP contribution in [0.1, 0.15) is 23.2 Å². The van der Waals surface area contributed by atoms with Gasteiger partial charge in [-0.1, -0.05) is 6.92 Å². The first kappa shape index (κ1) is 12.6. The average molecular weight is 249 g/mol. The number of sulfonamides is 1. The second kappa shape index (κ2) is 5.55. The topological polar surface area (TPSA) is 85.1 Å². The van der Waals surface area contributed by atoms with Crippen molar-refractivity contribution in [3.8, 4) is 0 Å². The van der Waals surface area contributed by atoms with Gasteiger partial charge in [0, 0.05) is 17.6 Å². The van der Waals surface area contributed by atoms with Gasteiger partial charge >= 0.3 is 0 Å². The lowest BCUT2D eigenvalue weighted by Crippen LogP contribution is -2.14. The van der Waals surface area contributed by atoms with Gasteiger partial charge in [0.2, 0.25) is 10.0 Å². The van der Waals surface area contributed by atoms with Gasteiger partial charge in [-0.25, -0.2) is 18.5 Å². The van der Waals surface area contributed by atoms with Crippen LogP contribution in [0.2, 0.25) is 0 Å². The first-order valence-electron chi connectivity index (χ1n) is 4.66. The molecule has 1 rings (SSSR count). The molecule has 0 amide bonds. The molecule has 0 atom stereocenters. The molecule has 0 fully saturated rings. The third kappa shape index (κ3) is 5.22. The largest absolute Gasteiger partial charge is 0.312 e. The van der Waals surface area contributed by atoms with E-state index in [1.54, 1.807) is 6.20 Å². The number of aromatic nitrogens is 1. The molecule has 86 valence electrons. The Morgan fingerprint density at radius 2 is 2.33 bits per heavy atom. The van der Waals surface area contributed by atoms with Gasteiger partial charge in [0.1, 0.15) is 10.8 Å². The van der Waals surface area contributed by atoms with Gasteiger partial charge in [-0.05, 0) is 13.0 Å². The van der Waals surface area contributed by atoms with Crippen LogP contribution in [-0.4, -0.2) is 19.9 Å². The van der Waals surface area contributed by atoms with Gasteiger partial charge in [-0.2, -0.15) is 0 Å². The van der Waals surface area contributed by atoms with E-state index in [9.17, 15) is 8.42 Å². The Labute approximate surface area is 93.8 Å². The molecule has 15 heavy (non-hydrogen) atoms. The van der Waals surface area contributed by atoms with Crippen molar-refractivity contribution in [2.24, 2.45) is 5.14 Å². The summed E-state index contributed by atoms with van der Waals surface area (Å²) in [4.78, 5) is 5.03. The lowest BCUT2D eigenvalue weighted by Gasteiger charge is -1.97. The van der Waals surface area contributed by atoms with Crippen LogP contribution in [0.25, 0.3) is 0 Å². The van der Waals surface area contributed by atoms with Crippen LogP contribution < -0.4 is 10.5 Å². The number of hydrogen-bond donors (Lipinski definition) is 2. The van der Waals surface area contributed by atoms with Crippen LogP contribution in [0, 0.1) is 0 Å². The SMILES string of the molecule is CCCNCc1cnc(CS(N)(=O)=O)s1. The van der Waals surface area contributed by atoms with E-state index >= 15 is 0 Å². The van der Waals surface area contributed by atoms with Crippen molar-refractivity contribution in [3.63, 3.8) is 0 Å². The third-order valence-electron chi connectivity index (χ3n) is 1.65. The molecule has 7 heteroatoms. The highest BCUT2D eigenvalue weighted by atomic mass is 32.2. The number of rotatable bonds is 6. The summed E-state index contributed by atoms with van der Waals surface area (Å²) < 4.78 is 21.6. The third-order valence-corrected chi connectivity index (χ3v) is 3.51. The molecule has 0 unspecified atom stereocenters. The van der Waals surface area contributed by atoms with Crippen LogP contribution in [0.5, 0.6) is 0 Å². The molecule has 1 aromatic heterocycles. The van der Waals surface area contributed by atoms with Crippen molar-refractivity contribution in [3.05, 3.63) is 16.1 Å². The number of hydrogen-bond acceptors (Lipinski definition) is 5. The average Bonchev–Trinajstić information content (AvgIpc) is 2.50. The molecule has 3 N–H and O–H groups in total. The fraction of sp³-hybridized carbons (Fsp3) is 0.625. The van der Waals surface area contributed by atoms with Crippen molar-refractivity contribution >= 4 is 21.4 Å². The quantitative estimate of drug-likeness (QED) is 0.716. The van der Waals surface area contributed by atoms with Gasteiger partial charge in [-0.15, -0.1) is 11.3 Å². The lowest BCUT2D eigenvalue weighted by atomic mass is 10.4. The summed E-state index contributed by atoms with van der Waals surface area (Å²) in [5.74, 6) is -0.175. The predicted octanol–water partition coefficient (Wildman–Crippen LogP) is 0.431. The zero-order valence-electron chi connectivity index (χ0n) is 8.56. The smallest absolute Gasteiger partial charge is 0.215 e. The standard InChI is InChI=1S/C8H15N3O2S2/c1-2-3-10-4-7-5-11-8(14-7)6-15(9,12)13/h5,10H,2-4,6H2,1H3,(H2,9,12,13). The summed E-state index contributed by atoms with van der Waals surface area (Å²) in [6.45, 7) is 3.77. The van der Waals surface area contributed by atoms with Crippen molar-refractivity contribution in [2.75, 3.05) is 6.54 Å². The van der Waals surface area contributed by atoms with Crippen LogP contribution in [-0.2, 0) is 22.3 Å². The lowest BCUT2D eigenvalue weighted by molar-refractivity contribution is 0.597. The Balaban J connectivity index is 2.49. The van der Waals surface area contributed by atoms with Crippen molar-refractivity contribution in [1.82, 2.24) is 10.3 Å². The monoisotopic (exact) mass is 249 g/mol. The Morgan fingerprint density at radius 1 is 1.60 bits per heavy atom. The van der Waals surface area contributed by atoms with E-state index in [1.165, 1.54) is 11.3 Å². The Hall–Kier alpha value is -0.500. The molecule has 0 saturated heterocycles. The molecule has 1 heterocycles. The number of thiazole rings is 1. The second-order valence-corrected chi connectivity index (χ2v) is 6.02. The predicted molar refractivity (Wildman–Crippen MR) is 60.9 cm³/mol. The fourth-order valence-electron chi connectivity index (χ4n) is 1.06. The summed E-state index contributed by atoms with van der Waals surface area (Å²) in [6, 6.07) is 0. The molecule has 0 aliphatic heterocycles. The molecule has 0 saturated carbocycles. The van der Waals surface area contributed by atoms with Crippen molar-refractivity contribution in [1.29, 1.82) is 0 Å². The highest BCUT2D eigenvalue weighted by Gasteiger charge is 2.09. The van der Waals surface area contributed by atoms with Gasteiger partial charge in [0.05, 0.1) is 0 Å². The minimum absolute atomic E-state index is 0.175. The van der Waals surface area contributed by atoms with E-state index < -0.39 is 10.0 Å². The first-order valence-corrected chi connectivity index (χ1v) is 7.19. The number of primary sulfonamides is 1. The minimum atomic E-state index is -3.46. The molecule has 0 aliphatic carbocycles. The molecule has 5 nitrogen and oxygen atoms in total. The summed E-state index contributed by atoms with van der Waals surface area (Å²) in [5, 5.41) is 8.69. The van der Waals surface area contributed by atoms with E-state index in [-0.39, 0.29) is 5.75 Å². The van der Waals surface area contributed by atoms with Crippen molar-refractivity contribution < 1.29 is 8.42 Å². The zero-order chi connectivity index (χ0) is 11.3. The maximum Gasteiger partial charge on any atom is 0.215 e. The Morgan fingerprint density at radius 3 is 2.93 bits per heavy atom. The molecule has 1 aromatic rings. The fourth-order valence-corrected chi connectivity index (χ4v) is 2.89. The molecule has 0 aromatic carbocycles. The van der Waals surface area contributed by atoms with Gasteiger partial charge < -0.3 is 5.32 Å².